The molecule has 1 fully saturated rings. The van der Waals surface area contributed by atoms with Crippen molar-refractivity contribution in [2.45, 2.75) is 32.7 Å². The molecule has 1 amide bonds. The van der Waals surface area contributed by atoms with Crippen LogP contribution < -0.4 is 15.4 Å². The van der Waals surface area contributed by atoms with Gasteiger partial charge in [0.2, 0.25) is 5.91 Å². The fraction of sp³-hybridized carbons (Fsp3) is 0.562. The number of ether oxygens (including phenoxy) is 1. The Kier molecular flexibility index (Phi) is 4.65. The van der Waals surface area contributed by atoms with Gasteiger partial charge in [0.1, 0.15) is 5.75 Å². The first kappa shape index (κ1) is 14.9. The molecule has 0 spiro atoms. The fourth-order valence-electron chi connectivity index (χ4n) is 2.73. The smallest absolute Gasteiger partial charge is 0.228 e. The number of nitrogens with one attached hydrogen (secondary N) is 2. The van der Waals surface area contributed by atoms with Crippen molar-refractivity contribution in [1.29, 1.82) is 0 Å². The van der Waals surface area contributed by atoms with Gasteiger partial charge in [0.25, 0.3) is 0 Å². The van der Waals surface area contributed by atoms with Gasteiger partial charge in [-0.05, 0) is 44.0 Å². The van der Waals surface area contributed by atoms with Crippen molar-refractivity contribution in [1.82, 2.24) is 10.6 Å². The molecule has 1 heterocycles. The predicted molar refractivity (Wildman–Crippen MR) is 79.8 cm³/mol. The Labute approximate surface area is 120 Å². The minimum Gasteiger partial charge on any atom is -0.497 e. The lowest BCUT2D eigenvalue weighted by atomic mass is 9.83. The van der Waals surface area contributed by atoms with E-state index in [2.05, 4.69) is 17.6 Å². The summed E-state index contributed by atoms with van der Waals surface area (Å²) in [6.45, 7) is 5.82. The summed E-state index contributed by atoms with van der Waals surface area (Å²) in [6, 6.07) is 7.84. The van der Waals surface area contributed by atoms with Crippen molar-refractivity contribution in [3.8, 4) is 5.75 Å². The number of carbonyl (C=O) groups is 1. The molecule has 1 aliphatic rings. The number of amides is 1. The standard InChI is InChI=1S/C16H24N2O2/c1-4-16(9-10-17-11-16)15(19)18-12(2)13-5-7-14(20-3)8-6-13/h5-8,12,17H,4,9-11H2,1-3H3,(H,18,19)/t12-,16?/m0/s1. The molecule has 1 aliphatic heterocycles. The molecule has 0 aromatic heterocycles. The van der Waals surface area contributed by atoms with Crippen LogP contribution in [0.3, 0.4) is 0 Å². The van der Waals surface area contributed by atoms with E-state index >= 15 is 0 Å². The first-order valence-corrected chi connectivity index (χ1v) is 7.27. The maximum Gasteiger partial charge on any atom is 0.228 e. The Hall–Kier alpha value is -1.55. The largest absolute Gasteiger partial charge is 0.497 e. The molecule has 0 saturated carbocycles. The van der Waals surface area contributed by atoms with Crippen LogP contribution in [0.25, 0.3) is 0 Å². The minimum absolute atomic E-state index is 0.0115. The van der Waals surface area contributed by atoms with E-state index in [9.17, 15) is 4.79 Å². The highest BCUT2D eigenvalue weighted by Crippen LogP contribution is 2.30. The average Bonchev–Trinajstić information content (AvgIpc) is 2.97. The Morgan fingerprint density at radius 1 is 1.45 bits per heavy atom. The van der Waals surface area contributed by atoms with Gasteiger partial charge in [-0.1, -0.05) is 19.1 Å². The normalized spacial score (nSPS) is 23.4. The van der Waals surface area contributed by atoms with Crippen molar-refractivity contribution in [3.05, 3.63) is 29.8 Å². The zero-order valence-corrected chi connectivity index (χ0v) is 12.5. The summed E-state index contributed by atoms with van der Waals surface area (Å²) >= 11 is 0. The number of carbonyl (C=O) groups excluding carboxylic acids is 1. The van der Waals surface area contributed by atoms with E-state index in [1.54, 1.807) is 7.11 Å². The molecule has 1 unspecified atom stereocenters. The van der Waals surface area contributed by atoms with Crippen LogP contribution in [0.15, 0.2) is 24.3 Å². The molecule has 20 heavy (non-hydrogen) atoms. The summed E-state index contributed by atoms with van der Waals surface area (Å²) < 4.78 is 5.15. The van der Waals surface area contributed by atoms with Gasteiger partial charge < -0.3 is 15.4 Å². The summed E-state index contributed by atoms with van der Waals surface area (Å²) in [7, 11) is 1.65. The number of rotatable bonds is 5. The SMILES string of the molecule is CCC1(C(=O)N[C@@H](C)c2ccc(OC)cc2)CCNC1. The number of methoxy groups -OCH3 is 1. The van der Waals surface area contributed by atoms with E-state index in [1.807, 2.05) is 31.2 Å². The van der Waals surface area contributed by atoms with Gasteiger partial charge in [-0.25, -0.2) is 0 Å². The van der Waals surface area contributed by atoms with E-state index < -0.39 is 0 Å². The molecule has 2 rings (SSSR count). The first-order valence-electron chi connectivity index (χ1n) is 7.27. The van der Waals surface area contributed by atoms with E-state index in [0.29, 0.717) is 0 Å². The van der Waals surface area contributed by atoms with Gasteiger partial charge in [-0.3, -0.25) is 4.79 Å². The van der Waals surface area contributed by atoms with Gasteiger partial charge >= 0.3 is 0 Å². The summed E-state index contributed by atoms with van der Waals surface area (Å²) in [6.07, 6.45) is 1.80. The molecule has 1 aromatic rings. The van der Waals surface area contributed by atoms with Crippen LogP contribution in [0.4, 0.5) is 0 Å². The van der Waals surface area contributed by atoms with Crippen LogP contribution in [0.1, 0.15) is 38.3 Å². The minimum atomic E-state index is -0.235. The maximum absolute atomic E-state index is 12.5. The fourth-order valence-corrected chi connectivity index (χ4v) is 2.73. The molecular formula is C16H24N2O2. The van der Waals surface area contributed by atoms with Gasteiger partial charge in [0.05, 0.1) is 18.6 Å². The van der Waals surface area contributed by atoms with Crippen molar-refractivity contribution in [2.24, 2.45) is 5.41 Å². The summed E-state index contributed by atoms with van der Waals surface area (Å²) in [5.41, 5.74) is 0.858. The van der Waals surface area contributed by atoms with Crippen LogP contribution in [-0.2, 0) is 4.79 Å². The second-order valence-electron chi connectivity index (χ2n) is 5.53. The van der Waals surface area contributed by atoms with Crippen LogP contribution in [0.5, 0.6) is 5.75 Å². The van der Waals surface area contributed by atoms with Gasteiger partial charge in [-0.2, -0.15) is 0 Å². The van der Waals surface area contributed by atoms with E-state index in [1.165, 1.54) is 0 Å². The summed E-state index contributed by atoms with van der Waals surface area (Å²) in [5.74, 6) is 0.991. The maximum atomic E-state index is 12.5. The summed E-state index contributed by atoms with van der Waals surface area (Å²) in [5, 5.41) is 6.44. The molecule has 4 nitrogen and oxygen atoms in total. The molecule has 0 aliphatic carbocycles. The highest BCUT2D eigenvalue weighted by atomic mass is 16.5. The third-order valence-electron chi connectivity index (χ3n) is 4.37. The molecule has 110 valence electrons. The van der Waals surface area contributed by atoms with Crippen LogP contribution in [0.2, 0.25) is 0 Å². The Balaban J connectivity index is 2.02. The zero-order chi connectivity index (χ0) is 14.6. The molecule has 0 bridgehead atoms. The van der Waals surface area contributed by atoms with Crippen molar-refractivity contribution in [2.75, 3.05) is 20.2 Å². The monoisotopic (exact) mass is 276 g/mol. The second kappa shape index (κ2) is 6.27. The van der Waals surface area contributed by atoms with Crippen molar-refractivity contribution < 1.29 is 9.53 Å². The third-order valence-corrected chi connectivity index (χ3v) is 4.37. The average molecular weight is 276 g/mol. The molecule has 1 aromatic carbocycles. The third kappa shape index (κ3) is 2.96. The topological polar surface area (TPSA) is 50.4 Å². The quantitative estimate of drug-likeness (QED) is 0.867. The van der Waals surface area contributed by atoms with Gasteiger partial charge in [0.15, 0.2) is 0 Å². The lowest BCUT2D eigenvalue weighted by Crippen LogP contribution is -2.43. The van der Waals surface area contributed by atoms with E-state index in [0.717, 1.165) is 37.2 Å². The van der Waals surface area contributed by atoms with Crippen LogP contribution in [-0.4, -0.2) is 26.1 Å². The Bertz CT molecular complexity index is 450. The number of hydrogen-bond acceptors (Lipinski definition) is 3. The Morgan fingerprint density at radius 3 is 2.65 bits per heavy atom. The van der Waals surface area contributed by atoms with Crippen molar-refractivity contribution in [3.63, 3.8) is 0 Å². The molecule has 2 N–H and O–H groups in total. The number of benzene rings is 1. The summed E-state index contributed by atoms with van der Waals surface area (Å²) in [4.78, 5) is 12.5. The van der Waals surface area contributed by atoms with Gasteiger partial charge in [0, 0.05) is 6.54 Å². The van der Waals surface area contributed by atoms with Crippen molar-refractivity contribution >= 4 is 5.91 Å². The van der Waals surface area contributed by atoms with Crippen LogP contribution >= 0.6 is 0 Å². The Morgan fingerprint density at radius 2 is 2.15 bits per heavy atom. The molecule has 1 saturated heterocycles. The highest BCUT2D eigenvalue weighted by Gasteiger charge is 2.39. The second-order valence-corrected chi connectivity index (χ2v) is 5.53. The van der Waals surface area contributed by atoms with Crippen LogP contribution in [0, 0.1) is 5.41 Å². The highest BCUT2D eigenvalue weighted by molar-refractivity contribution is 5.83. The lowest BCUT2D eigenvalue weighted by molar-refractivity contribution is -0.131. The van der Waals surface area contributed by atoms with E-state index in [-0.39, 0.29) is 17.4 Å². The molecule has 2 atom stereocenters. The lowest BCUT2D eigenvalue weighted by Gasteiger charge is -2.27. The molecule has 4 heteroatoms. The molecular weight excluding hydrogens is 252 g/mol. The number of hydrogen-bond donors (Lipinski definition) is 2. The predicted octanol–water partition coefficient (Wildman–Crippen LogP) is 2.26. The van der Waals surface area contributed by atoms with Gasteiger partial charge in [-0.15, -0.1) is 0 Å². The zero-order valence-electron chi connectivity index (χ0n) is 12.5. The molecule has 0 radical (unpaired) electrons. The first-order chi connectivity index (χ1) is 9.61. The van der Waals surface area contributed by atoms with E-state index in [4.69, 9.17) is 4.74 Å².